The fourth-order valence-electron chi connectivity index (χ4n) is 2.49. The van der Waals surface area contributed by atoms with Crippen LogP contribution in [-0.2, 0) is 0 Å². The van der Waals surface area contributed by atoms with E-state index in [1.54, 1.807) is 0 Å². The van der Waals surface area contributed by atoms with Crippen molar-refractivity contribution in [3.63, 3.8) is 0 Å². The van der Waals surface area contributed by atoms with E-state index in [2.05, 4.69) is 46.1 Å². The molecule has 112 valence electrons. The van der Waals surface area contributed by atoms with Gasteiger partial charge in [-0.15, -0.1) is 24.8 Å². The van der Waals surface area contributed by atoms with Crippen LogP contribution in [0.25, 0.3) is 0 Å². The highest BCUT2D eigenvalue weighted by Gasteiger charge is 2.28. The Morgan fingerprint density at radius 2 is 1.95 bits per heavy atom. The van der Waals surface area contributed by atoms with Crippen molar-refractivity contribution in [2.24, 2.45) is 5.92 Å². The molecule has 3 nitrogen and oxygen atoms in total. The number of hydrogen-bond acceptors (Lipinski definition) is 3. The van der Waals surface area contributed by atoms with E-state index in [-0.39, 0.29) is 24.8 Å². The molecule has 1 fully saturated rings. The third-order valence-corrected chi connectivity index (χ3v) is 4.04. The van der Waals surface area contributed by atoms with Crippen LogP contribution in [0.4, 0.5) is 0 Å². The van der Waals surface area contributed by atoms with Gasteiger partial charge in [-0.3, -0.25) is 4.90 Å². The van der Waals surface area contributed by atoms with Crippen LogP contribution in [-0.4, -0.2) is 31.1 Å². The Morgan fingerprint density at radius 3 is 2.42 bits per heavy atom. The molecule has 2 rings (SSSR count). The lowest BCUT2D eigenvalue weighted by Gasteiger charge is -2.36. The molecule has 1 aromatic rings. The van der Waals surface area contributed by atoms with Crippen molar-refractivity contribution >= 4 is 40.7 Å². The van der Waals surface area contributed by atoms with E-state index in [0.29, 0.717) is 12.0 Å². The summed E-state index contributed by atoms with van der Waals surface area (Å²) in [4.78, 5) is 2.54. The van der Waals surface area contributed by atoms with Gasteiger partial charge in [0.05, 0.1) is 6.04 Å². The summed E-state index contributed by atoms with van der Waals surface area (Å²) >= 11 is 3.40. The molecule has 1 aliphatic heterocycles. The first-order valence-electron chi connectivity index (χ1n) is 6.42. The predicted octanol–water partition coefficient (Wildman–Crippen LogP) is 3.88. The Bertz CT molecular complexity index is 356. The molecule has 6 heteroatoms. The molecule has 0 amide bonds. The first kappa shape index (κ1) is 19.3. The molecule has 0 radical (unpaired) electrons. The third kappa shape index (κ3) is 4.94. The number of hydrogen-bond donors (Lipinski definition) is 1. The van der Waals surface area contributed by atoms with Crippen LogP contribution in [0.15, 0.2) is 21.2 Å². The van der Waals surface area contributed by atoms with Crippen molar-refractivity contribution in [1.82, 2.24) is 10.2 Å². The molecule has 2 heterocycles. The molecule has 1 unspecified atom stereocenters. The molecule has 1 aromatic heterocycles. The van der Waals surface area contributed by atoms with Gasteiger partial charge in [-0.25, -0.2) is 0 Å². The second-order valence-electron chi connectivity index (χ2n) is 4.76. The molecule has 0 saturated carbocycles. The van der Waals surface area contributed by atoms with Gasteiger partial charge in [0.15, 0.2) is 4.67 Å². The highest BCUT2D eigenvalue weighted by Crippen LogP contribution is 2.33. The van der Waals surface area contributed by atoms with Crippen LogP contribution < -0.4 is 5.32 Å². The van der Waals surface area contributed by atoms with Gasteiger partial charge >= 0.3 is 0 Å². The van der Waals surface area contributed by atoms with Crippen molar-refractivity contribution < 1.29 is 4.42 Å². The van der Waals surface area contributed by atoms with Crippen LogP contribution in [0.2, 0.25) is 0 Å². The summed E-state index contributed by atoms with van der Waals surface area (Å²) in [7, 11) is 0. The zero-order chi connectivity index (χ0) is 12.3. The minimum absolute atomic E-state index is 0. The van der Waals surface area contributed by atoms with Gasteiger partial charge in [0.25, 0.3) is 0 Å². The Kier molecular flexibility index (Phi) is 9.37. The summed E-state index contributed by atoms with van der Waals surface area (Å²) in [6, 6.07) is 4.50. The average molecular weight is 374 g/mol. The quantitative estimate of drug-likeness (QED) is 0.867. The molecule has 0 aromatic carbocycles. The van der Waals surface area contributed by atoms with Gasteiger partial charge in [-0.05, 0) is 34.0 Å². The zero-order valence-electron chi connectivity index (χ0n) is 11.4. The maximum atomic E-state index is 5.78. The Balaban J connectivity index is 0.00000162. The largest absolute Gasteiger partial charge is 0.453 e. The molecular formula is C13H23BrCl2N2O. The maximum Gasteiger partial charge on any atom is 0.169 e. The lowest BCUT2D eigenvalue weighted by molar-refractivity contribution is 0.109. The van der Waals surface area contributed by atoms with Crippen LogP contribution >= 0.6 is 40.7 Å². The minimum atomic E-state index is 0. The smallest absolute Gasteiger partial charge is 0.169 e. The van der Waals surface area contributed by atoms with Gasteiger partial charge in [0.2, 0.25) is 0 Å². The highest BCUT2D eigenvalue weighted by molar-refractivity contribution is 9.10. The van der Waals surface area contributed by atoms with Crippen LogP contribution in [0.5, 0.6) is 0 Å². The molecule has 0 spiro atoms. The van der Waals surface area contributed by atoms with Crippen molar-refractivity contribution in [2.75, 3.05) is 26.2 Å². The van der Waals surface area contributed by atoms with E-state index < -0.39 is 0 Å². The van der Waals surface area contributed by atoms with E-state index >= 15 is 0 Å². The lowest BCUT2D eigenvalue weighted by atomic mass is 9.95. The summed E-state index contributed by atoms with van der Waals surface area (Å²) in [5.74, 6) is 1.71. The second-order valence-corrected chi connectivity index (χ2v) is 5.54. The second kappa shape index (κ2) is 9.24. The van der Waals surface area contributed by atoms with Gasteiger partial charge in [0, 0.05) is 26.2 Å². The number of rotatable bonds is 4. The van der Waals surface area contributed by atoms with Gasteiger partial charge < -0.3 is 9.73 Å². The van der Waals surface area contributed by atoms with Crippen LogP contribution in [0.3, 0.4) is 0 Å². The molecule has 0 bridgehead atoms. The normalized spacial score (nSPS) is 19.1. The van der Waals surface area contributed by atoms with Crippen molar-refractivity contribution in [3.05, 3.63) is 22.6 Å². The molecular weight excluding hydrogens is 351 g/mol. The molecule has 0 aliphatic carbocycles. The van der Waals surface area contributed by atoms with Crippen molar-refractivity contribution in [3.8, 4) is 0 Å². The van der Waals surface area contributed by atoms with Gasteiger partial charge in [0.1, 0.15) is 5.76 Å². The molecule has 19 heavy (non-hydrogen) atoms. The SMILES string of the molecule is CCC(C)[C@H](c1ccc(Br)o1)N1CCNCC1.Cl.Cl. The number of piperazine rings is 1. The summed E-state index contributed by atoms with van der Waals surface area (Å²) < 4.78 is 6.61. The minimum Gasteiger partial charge on any atom is -0.453 e. The Morgan fingerprint density at radius 1 is 1.32 bits per heavy atom. The summed E-state index contributed by atoms with van der Waals surface area (Å²) in [5.41, 5.74) is 0. The molecule has 1 N–H and O–H groups in total. The summed E-state index contributed by atoms with van der Waals surface area (Å²) in [6.45, 7) is 8.92. The fourth-order valence-corrected chi connectivity index (χ4v) is 2.81. The maximum absolute atomic E-state index is 5.78. The van der Waals surface area contributed by atoms with Gasteiger partial charge in [-0.2, -0.15) is 0 Å². The summed E-state index contributed by atoms with van der Waals surface area (Å²) in [6.07, 6.45) is 1.17. The molecule has 1 aliphatic rings. The number of nitrogens with one attached hydrogen (secondary N) is 1. The monoisotopic (exact) mass is 372 g/mol. The van der Waals surface area contributed by atoms with Crippen molar-refractivity contribution in [2.45, 2.75) is 26.3 Å². The van der Waals surface area contributed by atoms with Crippen LogP contribution in [0.1, 0.15) is 32.1 Å². The third-order valence-electron chi connectivity index (χ3n) is 3.61. The average Bonchev–Trinajstić information content (AvgIpc) is 2.77. The first-order chi connectivity index (χ1) is 8.22. The van der Waals surface area contributed by atoms with E-state index in [4.69, 9.17) is 4.42 Å². The Hall–Kier alpha value is 0.260. The lowest BCUT2D eigenvalue weighted by Crippen LogP contribution is -2.46. The standard InChI is InChI=1S/C13H21BrN2O.2ClH/c1-3-10(2)13(11-4-5-12(14)17-11)16-8-6-15-7-9-16;;/h4-5,10,13,15H,3,6-9H2,1-2H3;2*1H/t10?,13-;;/m1../s1. The number of furan rings is 1. The zero-order valence-corrected chi connectivity index (χ0v) is 14.6. The van der Waals surface area contributed by atoms with Crippen molar-refractivity contribution in [1.29, 1.82) is 0 Å². The molecule has 2 atom stereocenters. The highest BCUT2D eigenvalue weighted by atomic mass is 79.9. The van der Waals surface area contributed by atoms with E-state index in [9.17, 15) is 0 Å². The first-order valence-corrected chi connectivity index (χ1v) is 7.21. The molecule has 1 saturated heterocycles. The number of halogens is 3. The Labute approximate surface area is 136 Å². The van der Waals surface area contributed by atoms with Gasteiger partial charge in [-0.1, -0.05) is 20.3 Å². The summed E-state index contributed by atoms with van der Waals surface area (Å²) in [5, 5.41) is 3.40. The number of nitrogens with zero attached hydrogens (tertiary/aromatic N) is 1. The topological polar surface area (TPSA) is 28.4 Å². The van der Waals surface area contributed by atoms with Crippen LogP contribution in [0, 0.1) is 5.92 Å². The van der Waals surface area contributed by atoms with E-state index in [1.807, 2.05) is 6.07 Å². The van der Waals surface area contributed by atoms with E-state index in [1.165, 1.54) is 6.42 Å². The predicted molar refractivity (Wildman–Crippen MR) is 87.5 cm³/mol. The fraction of sp³-hybridized carbons (Fsp3) is 0.692. The van der Waals surface area contributed by atoms with E-state index in [0.717, 1.165) is 36.6 Å².